The van der Waals surface area contributed by atoms with Gasteiger partial charge in [0.2, 0.25) is 0 Å². The molecule has 7 heteroatoms. The van der Waals surface area contributed by atoms with E-state index in [4.69, 9.17) is 30.2 Å². The lowest BCUT2D eigenvalue weighted by molar-refractivity contribution is 0.0935. The minimum Gasteiger partial charge on any atom is -0.493 e. The molecule has 0 fully saturated rings. The summed E-state index contributed by atoms with van der Waals surface area (Å²) in [5.41, 5.74) is 1.00. The monoisotopic (exact) mass is 389 g/mol. The standard InChI is InChI=1S/C20H20ClNO5/c1-11(16-9-12-6-5-7-15(24-2)18(12)27-16)22-20(23)13-8-14(21)19(26-4)17(10-13)25-3/h5-11H,1-4H3,(H,22,23). The number of halogens is 1. The van der Waals surface area contributed by atoms with Gasteiger partial charge in [0.15, 0.2) is 22.8 Å². The Morgan fingerprint density at radius 2 is 1.81 bits per heavy atom. The van der Waals surface area contributed by atoms with E-state index in [-0.39, 0.29) is 11.9 Å². The highest BCUT2D eigenvalue weighted by Crippen LogP contribution is 2.36. The van der Waals surface area contributed by atoms with Gasteiger partial charge in [0.05, 0.1) is 32.4 Å². The van der Waals surface area contributed by atoms with Crippen LogP contribution in [0.1, 0.15) is 29.1 Å². The molecule has 0 saturated carbocycles. The number of amides is 1. The van der Waals surface area contributed by atoms with Gasteiger partial charge in [-0.2, -0.15) is 0 Å². The fraction of sp³-hybridized carbons (Fsp3) is 0.250. The molecule has 3 aromatic rings. The number of furan rings is 1. The molecule has 0 aliphatic heterocycles. The Hall–Kier alpha value is -2.86. The molecule has 2 aromatic carbocycles. The van der Waals surface area contributed by atoms with E-state index >= 15 is 0 Å². The van der Waals surface area contributed by atoms with Crippen molar-refractivity contribution in [2.75, 3.05) is 21.3 Å². The Morgan fingerprint density at radius 3 is 2.48 bits per heavy atom. The van der Waals surface area contributed by atoms with Gasteiger partial charge in [-0.25, -0.2) is 0 Å². The molecule has 1 aromatic heterocycles. The van der Waals surface area contributed by atoms with Gasteiger partial charge in [-0.1, -0.05) is 23.7 Å². The van der Waals surface area contributed by atoms with Crippen LogP contribution in [0.5, 0.6) is 17.2 Å². The third kappa shape index (κ3) is 3.66. The first-order valence-corrected chi connectivity index (χ1v) is 8.65. The average Bonchev–Trinajstić information content (AvgIpc) is 3.11. The second-order valence-electron chi connectivity index (χ2n) is 5.92. The number of fused-ring (bicyclic) bond motifs is 1. The van der Waals surface area contributed by atoms with Crippen LogP contribution >= 0.6 is 11.6 Å². The van der Waals surface area contributed by atoms with Gasteiger partial charge in [0.25, 0.3) is 5.91 Å². The Morgan fingerprint density at radius 1 is 1.07 bits per heavy atom. The van der Waals surface area contributed by atoms with Crippen molar-refractivity contribution in [1.29, 1.82) is 0 Å². The molecule has 0 bridgehead atoms. The number of ether oxygens (including phenoxy) is 3. The van der Waals surface area contributed by atoms with E-state index in [0.717, 1.165) is 5.39 Å². The molecular formula is C20H20ClNO5. The summed E-state index contributed by atoms with van der Waals surface area (Å²) in [7, 11) is 4.56. The van der Waals surface area contributed by atoms with Crippen LogP contribution in [0.3, 0.4) is 0 Å². The molecule has 1 atom stereocenters. The second-order valence-corrected chi connectivity index (χ2v) is 6.32. The number of rotatable bonds is 6. The highest BCUT2D eigenvalue weighted by atomic mass is 35.5. The quantitative estimate of drug-likeness (QED) is 0.667. The van der Waals surface area contributed by atoms with E-state index in [2.05, 4.69) is 5.32 Å². The lowest BCUT2D eigenvalue weighted by atomic mass is 10.1. The van der Waals surface area contributed by atoms with Crippen molar-refractivity contribution < 1.29 is 23.4 Å². The summed E-state index contributed by atoms with van der Waals surface area (Å²) in [5, 5.41) is 4.10. The van der Waals surface area contributed by atoms with Gasteiger partial charge in [-0.05, 0) is 31.2 Å². The van der Waals surface area contributed by atoms with Crippen molar-refractivity contribution in [3.05, 3.63) is 52.7 Å². The molecular weight excluding hydrogens is 370 g/mol. The maximum absolute atomic E-state index is 12.7. The van der Waals surface area contributed by atoms with Crippen LogP contribution in [0.2, 0.25) is 5.02 Å². The van der Waals surface area contributed by atoms with Gasteiger partial charge in [-0.3, -0.25) is 4.79 Å². The van der Waals surface area contributed by atoms with E-state index in [9.17, 15) is 4.79 Å². The third-order valence-corrected chi connectivity index (χ3v) is 4.50. The molecule has 27 heavy (non-hydrogen) atoms. The lowest BCUT2D eigenvalue weighted by Crippen LogP contribution is -2.26. The van der Waals surface area contributed by atoms with E-state index < -0.39 is 0 Å². The summed E-state index contributed by atoms with van der Waals surface area (Å²) in [5.74, 6) is 1.72. The first kappa shape index (κ1) is 18.9. The van der Waals surface area contributed by atoms with Crippen LogP contribution in [-0.2, 0) is 0 Å². The molecule has 0 aliphatic rings. The molecule has 6 nitrogen and oxygen atoms in total. The minimum atomic E-state index is -0.360. The summed E-state index contributed by atoms with van der Waals surface area (Å²) in [6.07, 6.45) is 0. The summed E-state index contributed by atoms with van der Waals surface area (Å²) in [4.78, 5) is 12.7. The van der Waals surface area contributed by atoms with E-state index in [1.54, 1.807) is 13.2 Å². The highest BCUT2D eigenvalue weighted by Gasteiger charge is 2.19. The molecule has 3 rings (SSSR count). The molecule has 0 radical (unpaired) electrons. The summed E-state index contributed by atoms with van der Waals surface area (Å²) in [6.45, 7) is 1.84. The summed E-state index contributed by atoms with van der Waals surface area (Å²) in [6, 6.07) is 10.3. The number of carbonyl (C=O) groups excluding carboxylic acids is 1. The zero-order valence-corrected chi connectivity index (χ0v) is 16.2. The fourth-order valence-electron chi connectivity index (χ4n) is 2.83. The zero-order valence-electron chi connectivity index (χ0n) is 15.5. The average molecular weight is 390 g/mol. The molecule has 1 N–H and O–H groups in total. The first-order valence-electron chi connectivity index (χ1n) is 8.27. The largest absolute Gasteiger partial charge is 0.493 e. The number of nitrogens with one attached hydrogen (secondary N) is 1. The van der Waals surface area contributed by atoms with Gasteiger partial charge >= 0.3 is 0 Å². The Labute approximate surface area is 162 Å². The molecule has 1 heterocycles. The first-order chi connectivity index (χ1) is 13.0. The maximum atomic E-state index is 12.7. The van der Waals surface area contributed by atoms with Gasteiger partial charge in [-0.15, -0.1) is 0 Å². The van der Waals surface area contributed by atoms with Gasteiger partial charge < -0.3 is 23.9 Å². The lowest BCUT2D eigenvalue weighted by Gasteiger charge is -2.14. The Balaban J connectivity index is 1.85. The van der Waals surface area contributed by atoms with Crippen LogP contribution in [0, 0.1) is 0 Å². The second kappa shape index (κ2) is 7.80. The molecule has 1 unspecified atom stereocenters. The minimum absolute atomic E-state index is 0.295. The molecule has 0 spiro atoms. The SMILES string of the molecule is COc1cc(C(=O)NC(C)c2cc3cccc(OC)c3o2)cc(Cl)c1OC. The van der Waals surface area contributed by atoms with E-state index in [1.807, 2.05) is 31.2 Å². The summed E-state index contributed by atoms with van der Waals surface area (Å²) >= 11 is 6.18. The summed E-state index contributed by atoms with van der Waals surface area (Å²) < 4.78 is 21.6. The van der Waals surface area contributed by atoms with Gasteiger partial charge in [0.1, 0.15) is 5.76 Å². The van der Waals surface area contributed by atoms with Crippen molar-refractivity contribution in [3.63, 3.8) is 0 Å². The van der Waals surface area contributed by atoms with Crippen LogP contribution in [0.25, 0.3) is 11.0 Å². The number of carbonyl (C=O) groups is 1. The third-order valence-electron chi connectivity index (χ3n) is 4.22. The molecule has 0 aliphatic carbocycles. The highest BCUT2D eigenvalue weighted by molar-refractivity contribution is 6.32. The van der Waals surface area contributed by atoms with E-state index in [0.29, 0.717) is 39.2 Å². The number of hydrogen-bond acceptors (Lipinski definition) is 5. The van der Waals surface area contributed by atoms with Crippen molar-refractivity contribution in [3.8, 4) is 17.2 Å². The topological polar surface area (TPSA) is 69.9 Å². The molecule has 1 amide bonds. The predicted octanol–water partition coefficient (Wildman–Crippen LogP) is 4.60. The number of para-hydroxylation sites is 1. The molecule has 0 saturated heterocycles. The van der Waals surface area contributed by atoms with Gasteiger partial charge in [0, 0.05) is 10.9 Å². The maximum Gasteiger partial charge on any atom is 0.252 e. The zero-order chi connectivity index (χ0) is 19.6. The number of benzene rings is 2. The van der Waals surface area contributed by atoms with Crippen LogP contribution in [0.15, 0.2) is 40.8 Å². The van der Waals surface area contributed by atoms with Crippen LogP contribution in [-0.4, -0.2) is 27.2 Å². The van der Waals surface area contributed by atoms with Crippen molar-refractivity contribution >= 4 is 28.5 Å². The van der Waals surface area contributed by atoms with Crippen molar-refractivity contribution in [1.82, 2.24) is 5.32 Å². The van der Waals surface area contributed by atoms with Crippen LogP contribution in [0.4, 0.5) is 0 Å². The van der Waals surface area contributed by atoms with E-state index in [1.165, 1.54) is 20.3 Å². The van der Waals surface area contributed by atoms with Crippen LogP contribution < -0.4 is 19.5 Å². The number of methoxy groups -OCH3 is 3. The van der Waals surface area contributed by atoms with Crippen molar-refractivity contribution in [2.45, 2.75) is 13.0 Å². The fourth-order valence-corrected chi connectivity index (χ4v) is 3.12. The van der Waals surface area contributed by atoms with Crippen molar-refractivity contribution in [2.24, 2.45) is 0 Å². The normalized spacial score (nSPS) is 11.9. The predicted molar refractivity (Wildman–Crippen MR) is 103 cm³/mol. The Kier molecular flexibility index (Phi) is 5.46. The number of hydrogen-bond donors (Lipinski definition) is 1. The molecule has 142 valence electrons. The Bertz CT molecular complexity index is 982. The smallest absolute Gasteiger partial charge is 0.252 e.